The van der Waals surface area contributed by atoms with Crippen molar-refractivity contribution in [3.05, 3.63) is 72.3 Å². The third kappa shape index (κ3) is 9.13. The number of rotatable bonds is 13. The molecule has 0 bridgehead atoms. The summed E-state index contributed by atoms with van der Waals surface area (Å²) in [5.74, 6) is 1.41. The Kier molecular flexibility index (Phi) is 12.3. The van der Waals surface area contributed by atoms with Crippen LogP contribution in [0.15, 0.2) is 66.7 Å². The van der Waals surface area contributed by atoms with Crippen molar-refractivity contribution in [2.75, 3.05) is 42.3 Å². The van der Waals surface area contributed by atoms with Gasteiger partial charge in [0.2, 0.25) is 0 Å². The molecule has 9 heteroatoms. The van der Waals surface area contributed by atoms with Crippen LogP contribution in [0.25, 0.3) is 0 Å². The zero-order chi connectivity index (χ0) is 31.3. The lowest BCUT2D eigenvalue weighted by molar-refractivity contribution is 0.102. The van der Waals surface area contributed by atoms with E-state index in [1.807, 2.05) is 26.0 Å². The Morgan fingerprint density at radius 3 is 2.34 bits per heavy atom. The predicted molar refractivity (Wildman–Crippen MR) is 179 cm³/mol. The Bertz CT molecular complexity index is 1340. The van der Waals surface area contributed by atoms with Gasteiger partial charge >= 0.3 is 6.03 Å². The van der Waals surface area contributed by atoms with Gasteiger partial charge in [-0.2, -0.15) is 0 Å². The Morgan fingerprint density at radius 1 is 0.932 bits per heavy atom. The first-order chi connectivity index (χ1) is 21.4. The van der Waals surface area contributed by atoms with Crippen LogP contribution >= 0.6 is 0 Å². The number of ether oxygens (including phenoxy) is 2. The van der Waals surface area contributed by atoms with Gasteiger partial charge < -0.3 is 35.6 Å². The minimum atomic E-state index is -0.256. The zero-order valence-electron chi connectivity index (χ0n) is 26.4. The Balaban J connectivity index is 1.34. The number of carbonyl (C=O) groups excluding carboxylic acids is 2. The highest BCUT2D eigenvalue weighted by Crippen LogP contribution is 2.34. The van der Waals surface area contributed by atoms with Gasteiger partial charge in [0.25, 0.3) is 5.91 Å². The van der Waals surface area contributed by atoms with Crippen LogP contribution in [0.2, 0.25) is 0 Å². The molecule has 44 heavy (non-hydrogen) atoms. The second kappa shape index (κ2) is 16.6. The van der Waals surface area contributed by atoms with Gasteiger partial charge in [-0.05, 0) is 92.9 Å². The largest absolute Gasteiger partial charge is 0.493 e. The molecule has 0 aromatic heterocycles. The van der Waals surface area contributed by atoms with Crippen molar-refractivity contribution < 1.29 is 19.1 Å². The van der Waals surface area contributed by atoms with Crippen molar-refractivity contribution in [1.82, 2.24) is 10.6 Å². The van der Waals surface area contributed by atoms with Crippen molar-refractivity contribution in [3.8, 4) is 17.2 Å². The summed E-state index contributed by atoms with van der Waals surface area (Å²) in [6.45, 7) is 9.37. The summed E-state index contributed by atoms with van der Waals surface area (Å²) < 4.78 is 11.5. The van der Waals surface area contributed by atoms with Crippen LogP contribution in [-0.2, 0) is 0 Å². The minimum Gasteiger partial charge on any atom is -0.493 e. The van der Waals surface area contributed by atoms with Crippen LogP contribution in [0.4, 0.5) is 21.9 Å². The predicted octanol–water partition coefficient (Wildman–Crippen LogP) is 7.41. The number of anilines is 3. The summed E-state index contributed by atoms with van der Waals surface area (Å²) in [7, 11) is 1.55. The topological polar surface area (TPSA) is 104 Å². The maximum Gasteiger partial charge on any atom is 0.319 e. The van der Waals surface area contributed by atoms with Gasteiger partial charge in [0.05, 0.1) is 7.11 Å². The van der Waals surface area contributed by atoms with E-state index in [-0.39, 0.29) is 18.0 Å². The van der Waals surface area contributed by atoms with Crippen LogP contribution in [0, 0.1) is 0 Å². The van der Waals surface area contributed by atoms with E-state index in [4.69, 9.17) is 9.47 Å². The summed E-state index contributed by atoms with van der Waals surface area (Å²) in [5, 5.41) is 12.3. The van der Waals surface area contributed by atoms with E-state index in [0.717, 1.165) is 51.0 Å². The van der Waals surface area contributed by atoms with Gasteiger partial charge in [-0.1, -0.05) is 33.6 Å². The van der Waals surface area contributed by atoms with Crippen LogP contribution in [0.5, 0.6) is 17.2 Å². The summed E-state index contributed by atoms with van der Waals surface area (Å²) in [5.41, 5.74) is 3.04. The molecule has 1 heterocycles. The number of urea groups is 1. The molecule has 1 saturated heterocycles. The molecule has 236 valence electrons. The number of amides is 3. The smallest absolute Gasteiger partial charge is 0.319 e. The molecule has 3 aromatic carbocycles. The third-order valence-electron chi connectivity index (χ3n) is 8.01. The Hall–Kier alpha value is -4.24. The van der Waals surface area contributed by atoms with Gasteiger partial charge in [0.15, 0.2) is 11.5 Å². The van der Waals surface area contributed by atoms with E-state index >= 15 is 0 Å². The third-order valence-corrected chi connectivity index (χ3v) is 8.01. The van der Waals surface area contributed by atoms with Gasteiger partial charge in [0, 0.05) is 53.9 Å². The Labute approximate surface area is 261 Å². The van der Waals surface area contributed by atoms with Gasteiger partial charge in [0.1, 0.15) is 5.75 Å². The average molecular weight is 602 g/mol. The standard InChI is InChI=1S/C35H47N5O4/c1-5-8-10-30-24-36-21-9-22-40(30)29-16-11-25(12-17-29)34(41)37-27-13-18-31(19-14-27)44-32-20-15-28(23-33(32)43-4)39-35(42)38-26(6-2)7-3/h11-20,23,26,30,36H,5-10,21-22,24H2,1-4H3,(H,37,41)(H2,38,39,42). The number of nitrogens with zero attached hydrogens (tertiary/aromatic N) is 1. The normalized spacial score (nSPS) is 14.9. The molecule has 0 aliphatic carbocycles. The van der Waals surface area contributed by atoms with E-state index in [2.05, 4.69) is 45.2 Å². The number of hydrogen-bond donors (Lipinski definition) is 4. The maximum absolute atomic E-state index is 13.0. The van der Waals surface area contributed by atoms with E-state index in [1.54, 1.807) is 49.6 Å². The molecule has 1 aliphatic rings. The summed E-state index contributed by atoms with van der Waals surface area (Å²) in [6.07, 6.45) is 6.41. The second-order valence-corrected chi connectivity index (χ2v) is 11.2. The van der Waals surface area contributed by atoms with E-state index < -0.39 is 0 Å². The minimum absolute atomic E-state index is 0.128. The summed E-state index contributed by atoms with van der Waals surface area (Å²) in [6, 6.07) is 20.7. The zero-order valence-corrected chi connectivity index (χ0v) is 26.4. The Morgan fingerprint density at radius 2 is 1.66 bits per heavy atom. The van der Waals surface area contributed by atoms with E-state index in [9.17, 15) is 9.59 Å². The van der Waals surface area contributed by atoms with Gasteiger partial charge in [-0.25, -0.2) is 4.79 Å². The number of nitrogens with one attached hydrogen (secondary N) is 4. The fourth-order valence-corrected chi connectivity index (χ4v) is 5.39. The van der Waals surface area contributed by atoms with Crippen LogP contribution in [0.1, 0.15) is 69.7 Å². The number of hydrogen-bond acceptors (Lipinski definition) is 6. The molecule has 4 N–H and O–H groups in total. The highest BCUT2D eigenvalue weighted by Gasteiger charge is 2.21. The maximum atomic E-state index is 13.0. The SMILES string of the molecule is CCCCC1CNCCCN1c1ccc(C(=O)Nc2ccc(Oc3ccc(NC(=O)NC(CC)CC)cc3OC)cc2)cc1. The molecule has 0 spiro atoms. The highest BCUT2D eigenvalue weighted by atomic mass is 16.5. The molecule has 4 rings (SSSR count). The fraction of sp³-hybridized carbons (Fsp3) is 0.429. The number of carbonyl (C=O) groups is 2. The average Bonchev–Trinajstić information content (AvgIpc) is 3.29. The molecule has 1 unspecified atom stereocenters. The summed E-state index contributed by atoms with van der Waals surface area (Å²) >= 11 is 0. The number of methoxy groups -OCH3 is 1. The number of benzene rings is 3. The quantitative estimate of drug-likeness (QED) is 0.163. The van der Waals surface area contributed by atoms with Gasteiger partial charge in [-0.15, -0.1) is 0 Å². The molecule has 1 atom stereocenters. The number of unbranched alkanes of at least 4 members (excludes halogenated alkanes) is 1. The highest BCUT2D eigenvalue weighted by molar-refractivity contribution is 6.04. The van der Waals surface area contributed by atoms with Crippen LogP contribution in [0.3, 0.4) is 0 Å². The van der Waals surface area contributed by atoms with E-state index in [1.165, 1.54) is 12.8 Å². The molecular formula is C35H47N5O4. The first-order valence-corrected chi connectivity index (χ1v) is 15.9. The van der Waals surface area contributed by atoms with Crippen molar-refractivity contribution in [1.29, 1.82) is 0 Å². The van der Waals surface area contributed by atoms with Crippen molar-refractivity contribution in [3.63, 3.8) is 0 Å². The van der Waals surface area contributed by atoms with Gasteiger partial charge in [-0.3, -0.25) is 4.79 Å². The molecule has 1 fully saturated rings. The van der Waals surface area contributed by atoms with Crippen LogP contribution in [-0.4, -0.2) is 50.8 Å². The monoisotopic (exact) mass is 601 g/mol. The fourth-order valence-electron chi connectivity index (χ4n) is 5.39. The molecule has 1 aliphatic heterocycles. The second-order valence-electron chi connectivity index (χ2n) is 11.2. The molecular weight excluding hydrogens is 554 g/mol. The first-order valence-electron chi connectivity index (χ1n) is 15.9. The van der Waals surface area contributed by atoms with Crippen molar-refractivity contribution in [2.24, 2.45) is 0 Å². The molecule has 9 nitrogen and oxygen atoms in total. The first kappa shape index (κ1) is 32.7. The summed E-state index contributed by atoms with van der Waals surface area (Å²) in [4.78, 5) is 27.8. The lowest BCUT2D eigenvalue weighted by atomic mass is 10.1. The van der Waals surface area contributed by atoms with Crippen molar-refractivity contribution >= 4 is 29.0 Å². The van der Waals surface area contributed by atoms with Crippen LogP contribution < -0.4 is 35.6 Å². The van der Waals surface area contributed by atoms with Crippen molar-refractivity contribution in [2.45, 2.75) is 71.4 Å². The lowest BCUT2D eigenvalue weighted by Crippen LogP contribution is -2.39. The lowest BCUT2D eigenvalue weighted by Gasteiger charge is -2.32. The molecule has 0 saturated carbocycles. The van der Waals surface area contributed by atoms with E-state index in [0.29, 0.717) is 40.2 Å². The molecule has 3 amide bonds. The molecule has 3 aromatic rings. The molecule has 0 radical (unpaired) electrons.